The molecule has 0 heterocycles. The fraction of sp³-hybridized carbons (Fsp3) is 0.857. The van der Waals surface area contributed by atoms with Crippen LogP contribution in [0.1, 0.15) is 20.3 Å². The summed E-state index contributed by atoms with van der Waals surface area (Å²) in [5.74, 6) is 0.118. The molecule has 0 amide bonds. The van der Waals surface area contributed by atoms with Crippen molar-refractivity contribution >= 4 is 5.78 Å². The zero-order valence-electron chi connectivity index (χ0n) is 6.56. The van der Waals surface area contributed by atoms with Crippen LogP contribution < -0.4 is 0 Å². The lowest BCUT2D eigenvalue weighted by Gasteiger charge is -2.13. The Morgan fingerprint density at radius 2 is 2.20 bits per heavy atom. The van der Waals surface area contributed by atoms with Gasteiger partial charge in [0, 0.05) is 13.0 Å². The predicted octanol–water partition coefficient (Wildman–Crippen LogP) is 1.21. The maximum atomic E-state index is 11.9. The molecule has 0 aromatic rings. The van der Waals surface area contributed by atoms with Crippen LogP contribution in [0.4, 0.5) is 4.39 Å². The third-order valence-corrected chi connectivity index (χ3v) is 1.40. The van der Waals surface area contributed by atoms with Gasteiger partial charge in [0.2, 0.25) is 0 Å². The van der Waals surface area contributed by atoms with E-state index >= 15 is 0 Å². The predicted molar refractivity (Wildman–Crippen MR) is 38.5 cm³/mol. The highest BCUT2D eigenvalue weighted by Crippen LogP contribution is 1.91. The lowest BCUT2D eigenvalue weighted by Crippen LogP contribution is -2.24. The summed E-state index contributed by atoms with van der Waals surface area (Å²) in [4.78, 5) is 12.0. The topological polar surface area (TPSA) is 20.3 Å². The number of carbonyl (C=O) groups excluding carboxylic acids is 1. The number of carbonyl (C=O) groups is 1. The van der Waals surface area contributed by atoms with Gasteiger partial charge in [-0.3, -0.25) is 9.69 Å². The summed E-state index contributed by atoms with van der Waals surface area (Å²) in [5, 5.41) is 0. The highest BCUT2D eigenvalue weighted by Gasteiger charge is 2.01. The zero-order chi connectivity index (χ0) is 7.98. The normalized spacial score (nSPS) is 10.4. The first-order valence-corrected chi connectivity index (χ1v) is 3.48. The van der Waals surface area contributed by atoms with Crippen molar-refractivity contribution in [1.82, 2.24) is 4.90 Å². The molecule has 0 unspecified atom stereocenters. The summed E-state index contributed by atoms with van der Waals surface area (Å²) in [6, 6.07) is 0. The molecule has 0 atom stereocenters. The van der Waals surface area contributed by atoms with Gasteiger partial charge in [0.25, 0.3) is 0 Å². The molecule has 0 saturated carbocycles. The Hall–Kier alpha value is -0.440. The molecule has 0 bridgehead atoms. The van der Waals surface area contributed by atoms with E-state index in [1.165, 1.54) is 6.92 Å². The molecule has 0 rings (SSSR count). The molecule has 10 heavy (non-hydrogen) atoms. The SMILES string of the molecule is CCN(CF)CCC(C)=O. The molecule has 0 fully saturated rings. The summed E-state index contributed by atoms with van der Waals surface area (Å²) in [7, 11) is 0. The Labute approximate surface area is 61.0 Å². The zero-order valence-corrected chi connectivity index (χ0v) is 6.56. The van der Waals surface area contributed by atoms with Crippen molar-refractivity contribution in [3.63, 3.8) is 0 Å². The van der Waals surface area contributed by atoms with Gasteiger partial charge in [0.05, 0.1) is 0 Å². The van der Waals surface area contributed by atoms with Crippen molar-refractivity contribution in [2.75, 3.05) is 19.9 Å². The van der Waals surface area contributed by atoms with Gasteiger partial charge in [0.1, 0.15) is 12.6 Å². The molecular formula is C7H14FNO. The minimum atomic E-state index is -0.455. The molecule has 0 N–H and O–H groups in total. The highest BCUT2D eigenvalue weighted by atomic mass is 19.1. The number of rotatable bonds is 5. The number of alkyl halides is 1. The average Bonchev–Trinajstić information content (AvgIpc) is 1.90. The Morgan fingerprint density at radius 1 is 1.60 bits per heavy atom. The van der Waals surface area contributed by atoms with Gasteiger partial charge in [-0.25, -0.2) is 4.39 Å². The largest absolute Gasteiger partial charge is 0.300 e. The Kier molecular flexibility index (Phi) is 5.12. The van der Waals surface area contributed by atoms with Crippen molar-refractivity contribution in [1.29, 1.82) is 0 Å². The highest BCUT2D eigenvalue weighted by molar-refractivity contribution is 5.75. The van der Waals surface area contributed by atoms with Crippen LogP contribution in [-0.4, -0.2) is 30.6 Å². The van der Waals surface area contributed by atoms with Crippen LogP contribution in [0.5, 0.6) is 0 Å². The molecule has 3 heteroatoms. The fourth-order valence-electron chi connectivity index (χ4n) is 0.618. The van der Waals surface area contributed by atoms with Crippen molar-refractivity contribution < 1.29 is 9.18 Å². The molecule has 0 radical (unpaired) electrons. The molecular weight excluding hydrogens is 133 g/mol. The first-order valence-electron chi connectivity index (χ1n) is 3.48. The van der Waals surface area contributed by atoms with Gasteiger partial charge in [-0.2, -0.15) is 0 Å². The van der Waals surface area contributed by atoms with Crippen molar-refractivity contribution in [2.45, 2.75) is 20.3 Å². The molecule has 60 valence electrons. The van der Waals surface area contributed by atoms with Crippen LogP contribution >= 0.6 is 0 Å². The monoisotopic (exact) mass is 147 g/mol. The van der Waals surface area contributed by atoms with Crippen molar-refractivity contribution in [3.05, 3.63) is 0 Å². The van der Waals surface area contributed by atoms with Gasteiger partial charge in [0.15, 0.2) is 0 Å². The first-order chi connectivity index (χ1) is 4.70. The summed E-state index contributed by atoms with van der Waals surface area (Å²) < 4.78 is 11.9. The van der Waals surface area contributed by atoms with Gasteiger partial charge in [-0.05, 0) is 13.5 Å². The van der Waals surface area contributed by atoms with Crippen LogP contribution in [-0.2, 0) is 4.79 Å². The smallest absolute Gasteiger partial charge is 0.143 e. The van der Waals surface area contributed by atoms with Gasteiger partial charge < -0.3 is 0 Å². The van der Waals surface area contributed by atoms with Gasteiger partial charge in [-0.15, -0.1) is 0 Å². The van der Waals surface area contributed by atoms with E-state index in [1.54, 1.807) is 4.90 Å². The van der Waals surface area contributed by atoms with E-state index in [4.69, 9.17) is 0 Å². The van der Waals surface area contributed by atoms with Crippen molar-refractivity contribution in [3.8, 4) is 0 Å². The summed E-state index contributed by atoms with van der Waals surface area (Å²) in [6.07, 6.45) is 0.456. The Balaban J connectivity index is 3.34. The van der Waals surface area contributed by atoms with E-state index < -0.39 is 6.80 Å². The maximum Gasteiger partial charge on any atom is 0.143 e. The number of hydrogen-bond donors (Lipinski definition) is 0. The molecule has 0 saturated heterocycles. The summed E-state index contributed by atoms with van der Waals surface area (Å²) in [6.45, 7) is 4.15. The Bertz CT molecular complexity index is 102. The van der Waals surface area contributed by atoms with E-state index in [0.29, 0.717) is 19.5 Å². The number of halogens is 1. The minimum absolute atomic E-state index is 0.118. The maximum absolute atomic E-state index is 11.9. The molecule has 2 nitrogen and oxygen atoms in total. The fourth-order valence-corrected chi connectivity index (χ4v) is 0.618. The van der Waals surface area contributed by atoms with Crippen LogP contribution in [0.15, 0.2) is 0 Å². The van der Waals surface area contributed by atoms with E-state index in [2.05, 4.69) is 0 Å². The van der Waals surface area contributed by atoms with Crippen LogP contribution in [0, 0.1) is 0 Å². The summed E-state index contributed by atoms with van der Waals surface area (Å²) in [5.41, 5.74) is 0. The number of Topliss-reactive ketones (excluding diaryl/α,β-unsaturated/α-hetero) is 1. The molecule has 0 aromatic carbocycles. The third kappa shape index (κ3) is 4.44. The standard InChI is InChI=1S/C7H14FNO/c1-3-9(6-8)5-4-7(2)10/h3-6H2,1-2H3. The molecule has 0 aromatic heterocycles. The molecule has 0 aliphatic rings. The number of hydrogen-bond acceptors (Lipinski definition) is 2. The van der Waals surface area contributed by atoms with E-state index in [1.807, 2.05) is 6.92 Å². The third-order valence-electron chi connectivity index (χ3n) is 1.40. The quantitative estimate of drug-likeness (QED) is 0.545. The van der Waals surface area contributed by atoms with Gasteiger partial charge >= 0.3 is 0 Å². The minimum Gasteiger partial charge on any atom is -0.300 e. The molecule has 0 aliphatic carbocycles. The van der Waals surface area contributed by atoms with Crippen LogP contribution in [0.25, 0.3) is 0 Å². The lowest BCUT2D eigenvalue weighted by atomic mass is 10.3. The van der Waals surface area contributed by atoms with Crippen LogP contribution in [0.2, 0.25) is 0 Å². The van der Waals surface area contributed by atoms with Crippen molar-refractivity contribution in [2.24, 2.45) is 0 Å². The second-order valence-electron chi connectivity index (χ2n) is 2.28. The first kappa shape index (κ1) is 9.56. The number of nitrogens with zero attached hydrogens (tertiary/aromatic N) is 1. The summed E-state index contributed by atoms with van der Waals surface area (Å²) >= 11 is 0. The Morgan fingerprint density at radius 3 is 2.50 bits per heavy atom. The lowest BCUT2D eigenvalue weighted by molar-refractivity contribution is -0.117. The second kappa shape index (κ2) is 5.35. The van der Waals surface area contributed by atoms with E-state index in [0.717, 1.165) is 0 Å². The van der Waals surface area contributed by atoms with Crippen LogP contribution in [0.3, 0.4) is 0 Å². The van der Waals surface area contributed by atoms with E-state index in [9.17, 15) is 9.18 Å². The average molecular weight is 147 g/mol. The molecule has 0 spiro atoms. The van der Waals surface area contributed by atoms with Gasteiger partial charge in [-0.1, -0.05) is 6.92 Å². The second-order valence-corrected chi connectivity index (χ2v) is 2.28. The van der Waals surface area contributed by atoms with E-state index in [-0.39, 0.29) is 5.78 Å². The molecule has 0 aliphatic heterocycles. The number of ketones is 1.